The van der Waals surface area contributed by atoms with Crippen molar-refractivity contribution in [2.24, 2.45) is 0 Å². The van der Waals surface area contributed by atoms with Crippen LogP contribution in [0.25, 0.3) is 0 Å². The number of nitrogens with one attached hydrogen (secondary N) is 1. The molecule has 0 aliphatic rings. The maximum Gasteiger partial charge on any atom is 0.354 e. The second-order valence-corrected chi connectivity index (χ2v) is 4.30. The van der Waals surface area contributed by atoms with Crippen molar-refractivity contribution < 1.29 is 14.4 Å². The van der Waals surface area contributed by atoms with Gasteiger partial charge in [0, 0.05) is 18.5 Å². The average molecular weight is 275 g/mol. The molecule has 0 saturated carbocycles. The molecule has 0 bridgehead atoms. The van der Waals surface area contributed by atoms with E-state index in [9.17, 15) is 4.79 Å². The minimum Gasteiger partial charge on any atom is -0.477 e. The molecular weight excluding hydrogens is 258 g/mol. The molecule has 0 aromatic carbocycles. The van der Waals surface area contributed by atoms with Gasteiger partial charge in [-0.15, -0.1) is 0 Å². The maximum atomic E-state index is 10.9. The molecular formula is C14H17N3O3. The Labute approximate surface area is 116 Å². The number of hydrogen-bond acceptors (Lipinski definition) is 5. The number of aromatic nitrogens is 2. The molecule has 0 saturated heterocycles. The van der Waals surface area contributed by atoms with E-state index in [-0.39, 0.29) is 5.69 Å². The minimum absolute atomic E-state index is 0.0201. The zero-order chi connectivity index (χ0) is 14.5. The monoisotopic (exact) mass is 275 g/mol. The van der Waals surface area contributed by atoms with Gasteiger partial charge < -0.3 is 14.9 Å². The summed E-state index contributed by atoms with van der Waals surface area (Å²) in [6, 6.07) is 4.85. The second kappa shape index (κ2) is 6.18. The van der Waals surface area contributed by atoms with Gasteiger partial charge in [0.05, 0.1) is 5.69 Å². The molecule has 2 aromatic heterocycles. The fourth-order valence-electron chi connectivity index (χ4n) is 1.97. The molecule has 6 heteroatoms. The van der Waals surface area contributed by atoms with Gasteiger partial charge in [0.2, 0.25) is 0 Å². The van der Waals surface area contributed by atoms with Crippen molar-refractivity contribution in [3.05, 3.63) is 40.9 Å². The lowest BCUT2D eigenvalue weighted by Gasteiger charge is -2.06. The van der Waals surface area contributed by atoms with E-state index in [0.29, 0.717) is 12.4 Å². The number of carbonyl (C=O) groups is 1. The van der Waals surface area contributed by atoms with E-state index in [1.807, 2.05) is 13.8 Å². The first-order chi connectivity index (χ1) is 9.65. The molecule has 2 rings (SSSR count). The highest BCUT2D eigenvalue weighted by Gasteiger charge is 2.13. The van der Waals surface area contributed by atoms with E-state index >= 15 is 0 Å². The molecule has 106 valence electrons. The Morgan fingerprint density at radius 1 is 1.35 bits per heavy atom. The highest BCUT2D eigenvalue weighted by molar-refractivity contribution is 5.85. The van der Waals surface area contributed by atoms with Crippen LogP contribution in [-0.2, 0) is 19.4 Å². The summed E-state index contributed by atoms with van der Waals surface area (Å²) in [6.07, 6.45) is 1.57. The number of carboxylic acids is 1. The summed E-state index contributed by atoms with van der Waals surface area (Å²) >= 11 is 0. The highest BCUT2D eigenvalue weighted by atomic mass is 16.5. The Hall–Kier alpha value is -2.37. The topological polar surface area (TPSA) is 88.2 Å². The molecule has 0 unspecified atom stereocenters. The molecule has 2 heterocycles. The van der Waals surface area contributed by atoms with Gasteiger partial charge in [-0.1, -0.05) is 25.1 Å². The van der Waals surface area contributed by atoms with Crippen LogP contribution >= 0.6 is 0 Å². The van der Waals surface area contributed by atoms with Crippen molar-refractivity contribution in [3.63, 3.8) is 0 Å². The zero-order valence-corrected chi connectivity index (χ0v) is 11.5. The molecule has 6 nitrogen and oxygen atoms in total. The first-order valence-corrected chi connectivity index (χ1v) is 6.56. The lowest BCUT2D eigenvalue weighted by molar-refractivity contribution is 0.0690. The summed E-state index contributed by atoms with van der Waals surface area (Å²) < 4.78 is 5.28. The normalized spacial score (nSPS) is 10.5. The lowest BCUT2D eigenvalue weighted by atomic mass is 10.1. The molecule has 2 aromatic rings. The van der Waals surface area contributed by atoms with Crippen molar-refractivity contribution in [3.8, 4) is 0 Å². The fraction of sp³-hybridized carbons (Fsp3) is 0.357. The van der Waals surface area contributed by atoms with Crippen molar-refractivity contribution in [1.82, 2.24) is 10.1 Å². The third kappa shape index (κ3) is 2.96. The van der Waals surface area contributed by atoms with Gasteiger partial charge in [0.15, 0.2) is 5.69 Å². The summed E-state index contributed by atoms with van der Waals surface area (Å²) in [6.45, 7) is 4.54. The van der Waals surface area contributed by atoms with Gasteiger partial charge in [-0.25, -0.2) is 9.78 Å². The van der Waals surface area contributed by atoms with Crippen LogP contribution in [0.4, 0.5) is 5.82 Å². The minimum atomic E-state index is -1.04. The first kappa shape index (κ1) is 14.0. The number of anilines is 1. The SMILES string of the molecule is CCc1noc(CC)c1CNc1cccc(C(=O)O)n1. The Morgan fingerprint density at radius 3 is 2.80 bits per heavy atom. The number of aryl methyl sites for hydroxylation is 2. The number of aromatic carboxylic acids is 1. The van der Waals surface area contributed by atoms with Gasteiger partial charge in [-0.3, -0.25) is 0 Å². The smallest absolute Gasteiger partial charge is 0.354 e. The lowest BCUT2D eigenvalue weighted by Crippen LogP contribution is -2.07. The van der Waals surface area contributed by atoms with Crippen LogP contribution in [-0.4, -0.2) is 21.2 Å². The van der Waals surface area contributed by atoms with E-state index in [1.54, 1.807) is 12.1 Å². The maximum absolute atomic E-state index is 10.9. The molecule has 0 amide bonds. The van der Waals surface area contributed by atoms with Crippen LogP contribution in [0, 0.1) is 0 Å². The molecule has 2 N–H and O–H groups in total. The molecule has 0 spiro atoms. The predicted molar refractivity (Wildman–Crippen MR) is 73.8 cm³/mol. The number of carboxylic acid groups (broad SMARTS) is 1. The van der Waals surface area contributed by atoms with Crippen LogP contribution in [0.5, 0.6) is 0 Å². The van der Waals surface area contributed by atoms with Gasteiger partial charge >= 0.3 is 5.97 Å². The van der Waals surface area contributed by atoms with Crippen molar-refractivity contribution >= 4 is 11.8 Å². The molecule has 20 heavy (non-hydrogen) atoms. The largest absolute Gasteiger partial charge is 0.477 e. The van der Waals surface area contributed by atoms with Crippen LogP contribution in [0.15, 0.2) is 22.7 Å². The number of hydrogen-bond donors (Lipinski definition) is 2. The van der Waals surface area contributed by atoms with Gasteiger partial charge in [-0.2, -0.15) is 0 Å². The van der Waals surface area contributed by atoms with E-state index in [0.717, 1.165) is 29.9 Å². The third-order valence-electron chi connectivity index (χ3n) is 3.02. The Balaban J connectivity index is 2.14. The Morgan fingerprint density at radius 2 is 2.15 bits per heavy atom. The molecule has 0 aliphatic heterocycles. The van der Waals surface area contributed by atoms with Crippen LogP contribution < -0.4 is 5.32 Å². The van der Waals surface area contributed by atoms with Gasteiger partial charge in [0.25, 0.3) is 0 Å². The van der Waals surface area contributed by atoms with Crippen molar-refractivity contribution in [2.45, 2.75) is 33.2 Å². The Kier molecular flexibility index (Phi) is 4.34. The second-order valence-electron chi connectivity index (χ2n) is 4.30. The van der Waals surface area contributed by atoms with E-state index in [2.05, 4.69) is 15.5 Å². The summed E-state index contributed by atoms with van der Waals surface area (Å²) in [5.74, 6) is 0.334. The molecule has 0 atom stereocenters. The van der Waals surface area contributed by atoms with E-state index in [1.165, 1.54) is 6.07 Å². The first-order valence-electron chi connectivity index (χ1n) is 6.56. The Bertz CT molecular complexity index is 586. The summed E-state index contributed by atoms with van der Waals surface area (Å²) in [7, 11) is 0. The quantitative estimate of drug-likeness (QED) is 0.842. The van der Waals surface area contributed by atoms with Crippen LogP contribution in [0.1, 0.15) is 41.4 Å². The van der Waals surface area contributed by atoms with Crippen LogP contribution in [0.3, 0.4) is 0 Å². The van der Waals surface area contributed by atoms with Crippen molar-refractivity contribution in [1.29, 1.82) is 0 Å². The number of rotatable bonds is 6. The zero-order valence-electron chi connectivity index (χ0n) is 11.5. The predicted octanol–water partition coefficient (Wildman–Crippen LogP) is 2.50. The summed E-state index contributed by atoms with van der Waals surface area (Å²) in [4.78, 5) is 14.9. The fourth-order valence-corrected chi connectivity index (χ4v) is 1.97. The van der Waals surface area contributed by atoms with E-state index < -0.39 is 5.97 Å². The van der Waals surface area contributed by atoms with Gasteiger partial charge in [-0.05, 0) is 18.6 Å². The summed E-state index contributed by atoms with van der Waals surface area (Å²) in [5, 5.41) is 16.1. The summed E-state index contributed by atoms with van der Waals surface area (Å²) in [5.41, 5.74) is 1.97. The molecule has 0 aliphatic carbocycles. The molecule has 0 fully saturated rings. The van der Waals surface area contributed by atoms with Crippen LogP contribution in [0.2, 0.25) is 0 Å². The third-order valence-corrected chi connectivity index (χ3v) is 3.02. The standard InChI is InChI=1S/C14H17N3O3/c1-3-10-9(12(4-2)20-17-10)8-15-13-7-5-6-11(16-13)14(18)19/h5-7H,3-4,8H2,1-2H3,(H,15,16)(H,18,19). The average Bonchev–Trinajstić information content (AvgIpc) is 2.87. The highest BCUT2D eigenvalue weighted by Crippen LogP contribution is 2.17. The van der Waals surface area contributed by atoms with E-state index in [4.69, 9.17) is 9.63 Å². The molecule has 0 radical (unpaired) electrons. The van der Waals surface area contributed by atoms with Gasteiger partial charge in [0.1, 0.15) is 11.6 Å². The number of pyridine rings is 1. The number of nitrogens with zero attached hydrogens (tertiary/aromatic N) is 2. The van der Waals surface area contributed by atoms with Crippen molar-refractivity contribution in [2.75, 3.05) is 5.32 Å².